The van der Waals surface area contributed by atoms with Crippen LogP contribution in [0.2, 0.25) is 5.02 Å². The zero-order valence-electron chi connectivity index (χ0n) is 10.1. The SMILES string of the molecule is NNc1ccc(Cl)c(CN2CC3CCC(C2)O3)n1. The normalized spacial score (nSPS) is 27.4. The van der Waals surface area contributed by atoms with Crippen LogP contribution in [0, 0.1) is 0 Å². The molecule has 0 amide bonds. The van der Waals surface area contributed by atoms with E-state index in [4.69, 9.17) is 22.2 Å². The Morgan fingerprint density at radius 3 is 2.78 bits per heavy atom. The number of likely N-dealkylation sites (tertiary alicyclic amines) is 1. The Labute approximate surface area is 111 Å². The van der Waals surface area contributed by atoms with Crippen molar-refractivity contribution in [1.29, 1.82) is 0 Å². The summed E-state index contributed by atoms with van der Waals surface area (Å²) in [4.78, 5) is 6.77. The summed E-state index contributed by atoms with van der Waals surface area (Å²) in [5.41, 5.74) is 3.42. The van der Waals surface area contributed by atoms with Crippen LogP contribution in [-0.4, -0.2) is 35.2 Å². The largest absolute Gasteiger partial charge is 0.372 e. The second kappa shape index (κ2) is 5.01. The summed E-state index contributed by atoms with van der Waals surface area (Å²) in [5, 5.41) is 0.688. The molecule has 1 aromatic rings. The minimum atomic E-state index is 0.387. The minimum absolute atomic E-state index is 0.387. The van der Waals surface area contributed by atoms with Crippen molar-refractivity contribution in [1.82, 2.24) is 9.88 Å². The molecule has 2 bridgehead atoms. The first-order valence-electron chi connectivity index (χ1n) is 6.24. The van der Waals surface area contributed by atoms with Crippen molar-refractivity contribution in [2.24, 2.45) is 5.84 Å². The van der Waals surface area contributed by atoms with E-state index in [2.05, 4.69) is 15.3 Å². The van der Waals surface area contributed by atoms with Crippen LogP contribution >= 0.6 is 11.6 Å². The van der Waals surface area contributed by atoms with Gasteiger partial charge < -0.3 is 10.2 Å². The lowest BCUT2D eigenvalue weighted by atomic mass is 10.2. The molecule has 0 saturated carbocycles. The molecule has 5 nitrogen and oxygen atoms in total. The van der Waals surface area contributed by atoms with E-state index < -0.39 is 0 Å². The summed E-state index contributed by atoms with van der Waals surface area (Å²) in [7, 11) is 0. The average molecular weight is 269 g/mol. The molecule has 6 heteroatoms. The van der Waals surface area contributed by atoms with Gasteiger partial charge in [-0.05, 0) is 25.0 Å². The van der Waals surface area contributed by atoms with Gasteiger partial charge in [-0.25, -0.2) is 10.8 Å². The molecular weight excluding hydrogens is 252 g/mol. The number of ether oxygens (including phenoxy) is 1. The maximum Gasteiger partial charge on any atom is 0.140 e. The molecule has 2 aliphatic heterocycles. The second-order valence-corrected chi connectivity index (χ2v) is 5.33. The first kappa shape index (κ1) is 12.2. The molecule has 2 aliphatic rings. The molecule has 2 atom stereocenters. The number of nitrogens with two attached hydrogens (primary N) is 1. The molecule has 3 heterocycles. The van der Waals surface area contributed by atoms with Crippen molar-refractivity contribution in [2.75, 3.05) is 18.5 Å². The summed E-state index contributed by atoms with van der Waals surface area (Å²) in [6.45, 7) is 2.69. The van der Waals surface area contributed by atoms with E-state index >= 15 is 0 Å². The van der Waals surface area contributed by atoms with Gasteiger partial charge in [0.1, 0.15) is 5.82 Å². The van der Waals surface area contributed by atoms with E-state index in [0.29, 0.717) is 23.0 Å². The molecule has 3 N–H and O–H groups in total. The maximum atomic E-state index is 6.17. The first-order chi connectivity index (χ1) is 8.74. The minimum Gasteiger partial charge on any atom is -0.372 e. The Morgan fingerprint density at radius 1 is 1.39 bits per heavy atom. The number of nitrogen functional groups attached to an aromatic ring is 1. The number of pyridine rings is 1. The number of anilines is 1. The van der Waals surface area contributed by atoms with Crippen LogP contribution in [0.4, 0.5) is 5.82 Å². The number of hydrazine groups is 1. The Bertz CT molecular complexity index is 430. The Morgan fingerprint density at radius 2 is 2.11 bits per heavy atom. The predicted octanol–water partition coefficient (Wildman–Crippen LogP) is 1.38. The molecule has 98 valence electrons. The Hall–Kier alpha value is -0.880. The number of morpholine rings is 1. The number of hydrogen-bond acceptors (Lipinski definition) is 5. The van der Waals surface area contributed by atoms with Gasteiger partial charge in [-0.3, -0.25) is 4.90 Å². The lowest BCUT2D eigenvalue weighted by molar-refractivity contribution is -0.0413. The van der Waals surface area contributed by atoms with Crippen molar-refractivity contribution in [3.63, 3.8) is 0 Å². The quantitative estimate of drug-likeness (QED) is 0.641. The van der Waals surface area contributed by atoms with E-state index in [0.717, 1.165) is 25.3 Å². The van der Waals surface area contributed by atoms with Crippen LogP contribution in [-0.2, 0) is 11.3 Å². The topological polar surface area (TPSA) is 63.4 Å². The highest BCUT2D eigenvalue weighted by Crippen LogP contribution is 2.28. The third kappa shape index (κ3) is 2.44. The third-order valence-electron chi connectivity index (χ3n) is 3.56. The number of hydrogen-bond donors (Lipinski definition) is 2. The van der Waals surface area contributed by atoms with Crippen LogP contribution in [0.5, 0.6) is 0 Å². The van der Waals surface area contributed by atoms with Crippen molar-refractivity contribution < 1.29 is 4.74 Å². The van der Waals surface area contributed by atoms with Crippen LogP contribution in [0.25, 0.3) is 0 Å². The molecule has 2 unspecified atom stereocenters. The summed E-state index contributed by atoms with van der Waals surface area (Å²) < 4.78 is 5.81. The van der Waals surface area contributed by atoms with Crippen molar-refractivity contribution in [3.8, 4) is 0 Å². The molecule has 18 heavy (non-hydrogen) atoms. The van der Waals surface area contributed by atoms with Gasteiger partial charge in [-0.15, -0.1) is 0 Å². The van der Waals surface area contributed by atoms with Crippen molar-refractivity contribution in [2.45, 2.75) is 31.6 Å². The van der Waals surface area contributed by atoms with Gasteiger partial charge in [0.15, 0.2) is 0 Å². The fourth-order valence-electron chi connectivity index (χ4n) is 2.72. The van der Waals surface area contributed by atoms with Crippen LogP contribution in [0.15, 0.2) is 12.1 Å². The summed E-state index contributed by atoms with van der Waals surface area (Å²) in [6.07, 6.45) is 3.12. The van der Waals surface area contributed by atoms with E-state index in [-0.39, 0.29) is 0 Å². The van der Waals surface area contributed by atoms with E-state index in [1.807, 2.05) is 6.07 Å². The van der Waals surface area contributed by atoms with E-state index in [1.165, 1.54) is 12.8 Å². The molecular formula is C12H17ClN4O. The number of rotatable bonds is 3. The second-order valence-electron chi connectivity index (χ2n) is 4.92. The summed E-state index contributed by atoms with van der Waals surface area (Å²) in [6, 6.07) is 3.60. The van der Waals surface area contributed by atoms with Crippen molar-refractivity contribution in [3.05, 3.63) is 22.8 Å². The van der Waals surface area contributed by atoms with E-state index in [1.54, 1.807) is 6.07 Å². The van der Waals surface area contributed by atoms with Crippen LogP contribution in [0.1, 0.15) is 18.5 Å². The lowest BCUT2D eigenvalue weighted by Gasteiger charge is -2.31. The fourth-order valence-corrected chi connectivity index (χ4v) is 2.88. The highest BCUT2D eigenvalue weighted by Gasteiger charge is 2.33. The van der Waals surface area contributed by atoms with Gasteiger partial charge >= 0.3 is 0 Å². The lowest BCUT2D eigenvalue weighted by Crippen LogP contribution is -2.42. The average Bonchev–Trinajstić information content (AvgIpc) is 2.71. The highest BCUT2D eigenvalue weighted by atomic mass is 35.5. The Balaban J connectivity index is 1.72. The van der Waals surface area contributed by atoms with Gasteiger partial charge in [0.2, 0.25) is 0 Å². The van der Waals surface area contributed by atoms with Gasteiger partial charge in [0.05, 0.1) is 22.9 Å². The molecule has 0 spiro atoms. The summed E-state index contributed by atoms with van der Waals surface area (Å²) in [5.74, 6) is 6.01. The van der Waals surface area contributed by atoms with E-state index in [9.17, 15) is 0 Å². The fraction of sp³-hybridized carbons (Fsp3) is 0.583. The molecule has 0 radical (unpaired) electrons. The standard InChI is InChI=1S/C12H17ClN4O/c13-10-3-4-12(16-14)15-11(10)7-17-5-8-1-2-9(6-17)18-8/h3-4,8-9H,1-2,5-7,14H2,(H,15,16). The molecule has 0 aliphatic carbocycles. The number of nitrogens with zero attached hydrogens (tertiary/aromatic N) is 2. The number of halogens is 1. The molecule has 1 aromatic heterocycles. The number of fused-ring (bicyclic) bond motifs is 2. The van der Waals surface area contributed by atoms with Gasteiger partial charge in [0, 0.05) is 19.6 Å². The van der Waals surface area contributed by atoms with Gasteiger partial charge in [-0.2, -0.15) is 0 Å². The van der Waals surface area contributed by atoms with Gasteiger partial charge in [-0.1, -0.05) is 11.6 Å². The zero-order chi connectivity index (χ0) is 12.5. The first-order valence-corrected chi connectivity index (χ1v) is 6.62. The molecule has 0 aromatic carbocycles. The number of aromatic nitrogens is 1. The summed E-state index contributed by atoms with van der Waals surface area (Å²) >= 11 is 6.17. The van der Waals surface area contributed by atoms with Gasteiger partial charge in [0.25, 0.3) is 0 Å². The smallest absolute Gasteiger partial charge is 0.140 e. The van der Waals surface area contributed by atoms with Crippen LogP contribution < -0.4 is 11.3 Å². The van der Waals surface area contributed by atoms with Crippen molar-refractivity contribution >= 4 is 17.4 Å². The highest BCUT2D eigenvalue weighted by molar-refractivity contribution is 6.31. The van der Waals surface area contributed by atoms with Crippen LogP contribution in [0.3, 0.4) is 0 Å². The third-order valence-corrected chi connectivity index (χ3v) is 3.90. The maximum absolute atomic E-state index is 6.17. The molecule has 2 saturated heterocycles. The monoisotopic (exact) mass is 268 g/mol. The molecule has 3 rings (SSSR count). The Kier molecular flexibility index (Phi) is 3.39. The predicted molar refractivity (Wildman–Crippen MR) is 70.2 cm³/mol. The number of nitrogens with one attached hydrogen (secondary N) is 1. The molecule has 2 fully saturated rings. The zero-order valence-corrected chi connectivity index (χ0v) is 10.9.